The summed E-state index contributed by atoms with van der Waals surface area (Å²) in [4.78, 5) is 10.5. The highest BCUT2D eigenvalue weighted by atomic mass is 16.4. The Bertz CT molecular complexity index is 366. The number of aliphatic carboxylic acids is 1. The van der Waals surface area contributed by atoms with Crippen LogP contribution in [0.15, 0.2) is 23.3 Å². The Morgan fingerprint density at radius 1 is 1.00 bits per heavy atom. The Hall–Kier alpha value is -1.05. The molecule has 0 amide bonds. The third-order valence-corrected chi connectivity index (χ3v) is 4.23. The molecule has 134 valence electrons. The van der Waals surface area contributed by atoms with Crippen LogP contribution in [0.4, 0.5) is 0 Å². The fourth-order valence-corrected chi connectivity index (χ4v) is 2.99. The molecule has 23 heavy (non-hydrogen) atoms. The van der Waals surface area contributed by atoms with Gasteiger partial charge < -0.3 is 5.11 Å². The van der Waals surface area contributed by atoms with E-state index in [1.54, 1.807) is 0 Å². The largest absolute Gasteiger partial charge is 0.481 e. The number of carboxylic acid groups (broad SMARTS) is 1. The lowest BCUT2D eigenvalue weighted by Gasteiger charge is -2.08. The van der Waals surface area contributed by atoms with Crippen LogP contribution in [-0.4, -0.2) is 11.1 Å². The molecule has 0 bridgehead atoms. The highest BCUT2D eigenvalue weighted by molar-refractivity contribution is 5.66. The van der Waals surface area contributed by atoms with Gasteiger partial charge in [-0.25, -0.2) is 0 Å². The van der Waals surface area contributed by atoms with Crippen molar-refractivity contribution in [2.45, 2.75) is 98.3 Å². The van der Waals surface area contributed by atoms with Crippen LogP contribution in [-0.2, 0) is 4.79 Å². The van der Waals surface area contributed by atoms with Gasteiger partial charge in [-0.15, -0.1) is 0 Å². The molecule has 1 N–H and O–H groups in total. The van der Waals surface area contributed by atoms with Crippen LogP contribution in [0.2, 0.25) is 0 Å². The summed E-state index contributed by atoms with van der Waals surface area (Å²) in [6.45, 7) is 8.86. The molecule has 0 aromatic heterocycles. The van der Waals surface area contributed by atoms with E-state index in [0.29, 0.717) is 5.92 Å². The van der Waals surface area contributed by atoms with Gasteiger partial charge in [0.25, 0.3) is 0 Å². The monoisotopic (exact) mass is 322 g/mol. The van der Waals surface area contributed by atoms with Crippen LogP contribution in [0.5, 0.6) is 0 Å². The van der Waals surface area contributed by atoms with E-state index in [0.717, 1.165) is 19.3 Å². The molecule has 0 aliphatic carbocycles. The van der Waals surface area contributed by atoms with Gasteiger partial charge >= 0.3 is 5.97 Å². The predicted octanol–water partition coefficient (Wildman–Crippen LogP) is 6.91. The molecule has 0 aromatic carbocycles. The van der Waals surface area contributed by atoms with E-state index in [1.807, 2.05) is 0 Å². The van der Waals surface area contributed by atoms with E-state index in [2.05, 4.69) is 39.8 Å². The van der Waals surface area contributed by atoms with Gasteiger partial charge in [0.2, 0.25) is 0 Å². The van der Waals surface area contributed by atoms with Gasteiger partial charge in [-0.3, -0.25) is 4.79 Å². The van der Waals surface area contributed by atoms with Crippen molar-refractivity contribution < 1.29 is 9.90 Å². The lowest BCUT2D eigenvalue weighted by molar-refractivity contribution is -0.137. The van der Waals surface area contributed by atoms with Crippen molar-refractivity contribution in [3.05, 3.63) is 23.3 Å². The second-order valence-corrected chi connectivity index (χ2v) is 7.06. The van der Waals surface area contributed by atoms with Crippen LogP contribution >= 0.6 is 0 Å². The Balaban J connectivity index is 3.88. The molecule has 0 rings (SSSR count). The maximum absolute atomic E-state index is 10.5. The van der Waals surface area contributed by atoms with Crippen LogP contribution in [0.25, 0.3) is 0 Å². The zero-order valence-corrected chi connectivity index (χ0v) is 15.9. The molecule has 0 spiro atoms. The van der Waals surface area contributed by atoms with E-state index >= 15 is 0 Å². The zero-order chi connectivity index (χ0) is 17.5. The van der Waals surface area contributed by atoms with E-state index in [-0.39, 0.29) is 6.42 Å². The smallest absolute Gasteiger partial charge is 0.303 e. The van der Waals surface area contributed by atoms with Crippen molar-refractivity contribution in [1.29, 1.82) is 0 Å². The maximum Gasteiger partial charge on any atom is 0.303 e. The lowest BCUT2D eigenvalue weighted by Crippen LogP contribution is -1.97. The molecule has 0 saturated heterocycles. The van der Waals surface area contributed by atoms with Gasteiger partial charge in [-0.1, -0.05) is 69.2 Å². The second-order valence-electron chi connectivity index (χ2n) is 7.06. The molecule has 0 aliphatic heterocycles. The average Bonchev–Trinajstić information content (AvgIpc) is 2.45. The summed E-state index contributed by atoms with van der Waals surface area (Å²) in [7, 11) is 0. The minimum absolute atomic E-state index is 0.286. The summed E-state index contributed by atoms with van der Waals surface area (Å²) in [5.74, 6) is -0.216. The summed E-state index contributed by atoms with van der Waals surface area (Å²) in [5, 5.41) is 8.67. The van der Waals surface area contributed by atoms with Gasteiger partial charge in [0.1, 0.15) is 0 Å². The molecule has 0 saturated carbocycles. The quantitative estimate of drug-likeness (QED) is 0.278. The minimum Gasteiger partial charge on any atom is -0.481 e. The van der Waals surface area contributed by atoms with Gasteiger partial charge in [0.05, 0.1) is 0 Å². The molecule has 0 radical (unpaired) electrons. The van der Waals surface area contributed by atoms with Crippen molar-refractivity contribution in [1.82, 2.24) is 0 Å². The maximum atomic E-state index is 10.5. The summed E-state index contributed by atoms with van der Waals surface area (Å²) < 4.78 is 0. The van der Waals surface area contributed by atoms with Crippen molar-refractivity contribution >= 4 is 5.97 Å². The van der Waals surface area contributed by atoms with Crippen molar-refractivity contribution in [3.63, 3.8) is 0 Å². The van der Waals surface area contributed by atoms with Gasteiger partial charge in [0.15, 0.2) is 0 Å². The predicted molar refractivity (Wildman–Crippen MR) is 101 cm³/mol. The Morgan fingerprint density at radius 3 is 2.30 bits per heavy atom. The highest BCUT2D eigenvalue weighted by Gasteiger charge is 2.03. The number of carboxylic acids is 1. The van der Waals surface area contributed by atoms with Crippen molar-refractivity contribution in [2.24, 2.45) is 5.92 Å². The molecule has 0 aromatic rings. The molecule has 2 heteroatoms. The van der Waals surface area contributed by atoms with Gasteiger partial charge in [0, 0.05) is 6.42 Å². The molecular weight excluding hydrogens is 284 g/mol. The lowest BCUT2D eigenvalue weighted by atomic mass is 9.98. The third-order valence-electron chi connectivity index (χ3n) is 4.23. The standard InChI is InChI=1S/C21H38O2/c1-5-6-7-8-9-10-11-13-18(2)16-20(4)17-19(3)14-12-15-21(22)23/h13,17,19H,5-12,14-16H2,1-4H3,(H,22,23)/b18-13-,20-17+/t19-/m0/s1. The Kier molecular flexibility index (Phi) is 13.9. The van der Waals surface area contributed by atoms with Gasteiger partial charge in [-0.2, -0.15) is 0 Å². The average molecular weight is 323 g/mol. The van der Waals surface area contributed by atoms with Crippen molar-refractivity contribution in [3.8, 4) is 0 Å². The summed E-state index contributed by atoms with van der Waals surface area (Å²) in [5.41, 5.74) is 2.87. The fourth-order valence-electron chi connectivity index (χ4n) is 2.99. The first-order chi connectivity index (χ1) is 11.0. The van der Waals surface area contributed by atoms with Crippen LogP contribution in [0, 0.1) is 5.92 Å². The van der Waals surface area contributed by atoms with Crippen LogP contribution < -0.4 is 0 Å². The van der Waals surface area contributed by atoms with E-state index in [9.17, 15) is 4.79 Å². The Morgan fingerprint density at radius 2 is 1.65 bits per heavy atom. The number of rotatable bonds is 14. The minimum atomic E-state index is -0.689. The first-order valence-electron chi connectivity index (χ1n) is 9.50. The van der Waals surface area contributed by atoms with E-state index in [4.69, 9.17) is 5.11 Å². The summed E-state index contributed by atoms with van der Waals surface area (Å²) in [6, 6.07) is 0. The molecular formula is C21H38O2. The van der Waals surface area contributed by atoms with Gasteiger partial charge in [-0.05, 0) is 51.9 Å². The summed E-state index contributed by atoms with van der Waals surface area (Å²) >= 11 is 0. The first-order valence-corrected chi connectivity index (χ1v) is 9.50. The fraction of sp³-hybridized carbons (Fsp3) is 0.762. The zero-order valence-electron chi connectivity index (χ0n) is 15.9. The first kappa shape index (κ1) is 21.9. The molecule has 0 heterocycles. The molecule has 0 aliphatic rings. The van der Waals surface area contributed by atoms with E-state index < -0.39 is 5.97 Å². The SMILES string of the molecule is CCCCCCCC/C=C(/C)C/C(C)=C/[C@@H](C)CCCC(=O)O. The number of hydrogen-bond acceptors (Lipinski definition) is 1. The topological polar surface area (TPSA) is 37.3 Å². The summed E-state index contributed by atoms with van der Waals surface area (Å²) in [6.07, 6.45) is 17.1. The third kappa shape index (κ3) is 15.6. The number of carbonyl (C=O) groups is 1. The molecule has 2 nitrogen and oxygen atoms in total. The number of hydrogen-bond donors (Lipinski definition) is 1. The van der Waals surface area contributed by atoms with Crippen LogP contribution in [0.3, 0.4) is 0 Å². The van der Waals surface area contributed by atoms with Crippen molar-refractivity contribution in [2.75, 3.05) is 0 Å². The normalized spacial score (nSPS) is 14.1. The number of allylic oxidation sites excluding steroid dienone is 4. The number of unbranched alkanes of at least 4 members (excludes halogenated alkanes) is 6. The van der Waals surface area contributed by atoms with E-state index in [1.165, 1.54) is 56.1 Å². The molecule has 1 atom stereocenters. The molecule has 0 unspecified atom stereocenters. The highest BCUT2D eigenvalue weighted by Crippen LogP contribution is 2.17. The second kappa shape index (κ2) is 14.5. The Labute approximate surface area is 144 Å². The van der Waals surface area contributed by atoms with Crippen LogP contribution in [0.1, 0.15) is 98.3 Å². The molecule has 0 fully saturated rings.